The van der Waals surface area contributed by atoms with Gasteiger partial charge in [0.2, 0.25) is 0 Å². The molecule has 1 aromatic heterocycles. The molecule has 1 aromatic carbocycles. The van der Waals surface area contributed by atoms with Crippen LogP contribution in [0.25, 0.3) is 11.3 Å². The van der Waals surface area contributed by atoms with Gasteiger partial charge in [0.15, 0.2) is 0 Å². The molecule has 0 fully saturated rings. The zero-order valence-electron chi connectivity index (χ0n) is 10.7. The van der Waals surface area contributed by atoms with Gasteiger partial charge in [0, 0.05) is 17.6 Å². The Kier molecular flexibility index (Phi) is 3.58. The maximum absolute atomic E-state index is 5.66. The van der Waals surface area contributed by atoms with Gasteiger partial charge in [-0.15, -0.1) is 10.2 Å². The van der Waals surface area contributed by atoms with Crippen molar-refractivity contribution in [2.24, 2.45) is 5.73 Å². The average Bonchev–Trinajstić information content (AvgIpc) is 2.40. The third kappa shape index (κ3) is 3.05. The van der Waals surface area contributed by atoms with Crippen molar-refractivity contribution in [2.75, 3.05) is 11.9 Å². The van der Waals surface area contributed by atoms with Gasteiger partial charge < -0.3 is 11.1 Å². The lowest BCUT2D eigenvalue weighted by atomic mass is 10.1. The summed E-state index contributed by atoms with van der Waals surface area (Å²) >= 11 is 0. The molecule has 0 amide bonds. The minimum atomic E-state index is -0.178. The summed E-state index contributed by atoms with van der Waals surface area (Å²) in [6.07, 6.45) is 0. The Labute approximate surface area is 107 Å². The van der Waals surface area contributed by atoms with Gasteiger partial charge in [0.25, 0.3) is 0 Å². The van der Waals surface area contributed by atoms with Crippen molar-refractivity contribution in [1.29, 1.82) is 0 Å². The van der Waals surface area contributed by atoms with Crippen LogP contribution in [0.3, 0.4) is 0 Å². The summed E-state index contributed by atoms with van der Waals surface area (Å²) in [5.41, 5.74) is 7.42. The fourth-order valence-corrected chi connectivity index (χ4v) is 1.56. The molecular formula is C14H18N4. The Balaban J connectivity index is 2.16. The molecule has 0 atom stereocenters. The summed E-state index contributed by atoms with van der Waals surface area (Å²) in [6.45, 7) is 4.59. The summed E-state index contributed by atoms with van der Waals surface area (Å²) < 4.78 is 0. The molecule has 0 unspecified atom stereocenters. The quantitative estimate of drug-likeness (QED) is 0.863. The Morgan fingerprint density at radius 2 is 1.78 bits per heavy atom. The highest BCUT2D eigenvalue weighted by atomic mass is 15.2. The maximum atomic E-state index is 5.66. The predicted molar refractivity (Wildman–Crippen MR) is 74.2 cm³/mol. The van der Waals surface area contributed by atoms with E-state index in [1.54, 1.807) is 0 Å². The summed E-state index contributed by atoms with van der Waals surface area (Å²) in [5.74, 6) is 0.741. The van der Waals surface area contributed by atoms with Crippen LogP contribution in [-0.2, 0) is 0 Å². The van der Waals surface area contributed by atoms with Crippen LogP contribution in [0.2, 0.25) is 0 Å². The smallest absolute Gasteiger partial charge is 0.149 e. The van der Waals surface area contributed by atoms with E-state index in [1.165, 1.54) is 0 Å². The number of nitrogens with zero attached hydrogens (tertiary/aromatic N) is 2. The maximum Gasteiger partial charge on any atom is 0.149 e. The number of anilines is 1. The van der Waals surface area contributed by atoms with Gasteiger partial charge in [-0.05, 0) is 26.0 Å². The van der Waals surface area contributed by atoms with Crippen molar-refractivity contribution < 1.29 is 0 Å². The first-order chi connectivity index (χ1) is 8.61. The molecule has 0 radical (unpaired) electrons. The van der Waals surface area contributed by atoms with Crippen LogP contribution in [-0.4, -0.2) is 22.3 Å². The number of benzene rings is 1. The molecule has 2 aromatic rings. The first-order valence-electron chi connectivity index (χ1n) is 5.98. The molecule has 1 heterocycles. The largest absolute Gasteiger partial charge is 0.362 e. The Morgan fingerprint density at radius 1 is 1.06 bits per heavy atom. The highest BCUT2D eigenvalue weighted by molar-refractivity contribution is 5.59. The van der Waals surface area contributed by atoms with E-state index in [0.29, 0.717) is 6.54 Å². The molecule has 4 heteroatoms. The highest BCUT2D eigenvalue weighted by Gasteiger charge is 2.15. The molecule has 0 saturated carbocycles. The zero-order valence-corrected chi connectivity index (χ0v) is 10.7. The second kappa shape index (κ2) is 5.14. The van der Waals surface area contributed by atoms with E-state index in [9.17, 15) is 0 Å². The number of rotatable bonds is 4. The van der Waals surface area contributed by atoms with Crippen molar-refractivity contribution in [2.45, 2.75) is 19.4 Å². The molecular weight excluding hydrogens is 224 g/mol. The van der Waals surface area contributed by atoms with Crippen molar-refractivity contribution >= 4 is 5.82 Å². The van der Waals surface area contributed by atoms with Crippen molar-refractivity contribution in [1.82, 2.24) is 10.2 Å². The molecule has 0 saturated heterocycles. The zero-order chi connectivity index (χ0) is 13.0. The molecule has 0 bridgehead atoms. The SMILES string of the molecule is CC(C)(CN)Nc1ccc(-c2ccccc2)nn1. The van der Waals surface area contributed by atoms with E-state index in [1.807, 2.05) is 56.3 Å². The molecule has 18 heavy (non-hydrogen) atoms. The van der Waals surface area contributed by atoms with Crippen LogP contribution in [0.5, 0.6) is 0 Å². The monoisotopic (exact) mass is 242 g/mol. The number of nitrogens with one attached hydrogen (secondary N) is 1. The molecule has 94 valence electrons. The molecule has 0 aliphatic rings. The van der Waals surface area contributed by atoms with E-state index in [4.69, 9.17) is 5.73 Å². The Morgan fingerprint density at radius 3 is 2.33 bits per heavy atom. The second-order valence-electron chi connectivity index (χ2n) is 4.88. The van der Waals surface area contributed by atoms with E-state index in [0.717, 1.165) is 17.1 Å². The normalized spacial score (nSPS) is 11.3. The fraction of sp³-hybridized carbons (Fsp3) is 0.286. The molecule has 0 aliphatic heterocycles. The molecule has 4 nitrogen and oxygen atoms in total. The lowest BCUT2D eigenvalue weighted by Gasteiger charge is -2.24. The molecule has 0 spiro atoms. The summed E-state index contributed by atoms with van der Waals surface area (Å²) in [6, 6.07) is 13.9. The fourth-order valence-electron chi connectivity index (χ4n) is 1.56. The van der Waals surface area contributed by atoms with Gasteiger partial charge in [-0.1, -0.05) is 30.3 Å². The molecule has 0 aliphatic carbocycles. The van der Waals surface area contributed by atoms with E-state index >= 15 is 0 Å². The first kappa shape index (κ1) is 12.5. The molecule has 3 N–H and O–H groups in total. The van der Waals surface area contributed by atoms with E-state index in [2.05, 4.69) is 15.5 Å². The predicted octanol–water partition coefficient (Wildman–Crippen LogP) is 2.29. The lowest BCUT2D eigenvalue weighted by Crippen LogP contribution is -2.39. The van der Waals surface area contributed by atoms with Gasteiger partial charge in [-0.2, -0.15) is 0 Å². The number of aromatic nitrogens is 2. The van der Waals surface area contributed by atoms with Crippen LogP contribution in [0.4, 0.5) is 5.82 Å². The topological polar surface area (TPSA) is 63.8 Å². The van der Waals surface area contributed by atoms with Crippen LogP contribution >= 0.6 is 0 Å². The average molecular weight is 242 g/mol. The number of hydrogen-bond donors (Lipinski definition) is 2. The van der Waals surface area contributed by atoms with Crippen LogP contribution in [0, 0.1) is 0 Å². The Bertz CT molecular complexity index is 491. The van der Waals surface area contributed by atoms with E-state index < -0.39 is 0 Å². The summed E-state index contributed by atoms with van der Waals surface area (Å²) in [5, 5.41) is 11.6. The van der Waals surface area contributed by atoms with E-state index in [-0.39, 0.29) is 5.54 Å². The summed E-state index contributed by atoms with van der Waals surface area (Å²) in [7, 11) is 0. The van der Waals surface area contributed by atoms with Crippen molar-refractivity contribution in [3.8, 4) is 11.3 Å². The van der Waals surface area contributed by atoms with Gasteiger partial charge >= 0.3 is 0 Å². The first-order valence-corrected chi connectivity index (χ1v) is 5.98. The third-order valence-corrected chi connectivity index (χ3v) is 2.71. The van der Waals surface area contributed by atoms with Gasteiger partial charge in [-0.3, -0.25) is 0 Å². The van der Waals surface area contributed by atoms with Crippen molar-refractivity contribution in [3.63, 3.8) is 0 Å². The number of hydrogen-bond acceptors (Lipinski definition) is 4. The minimum Gasteiger partial charge on any atom is -0.362 e. The minimum absolute atomic E-state index is 0.178. The lowest BCUT2D eigenvalue weighted by molar-refractivity contribution is 0.576. The van der Waals surface area contributed by atoms with Crippen LogP contribution < -0.4 is 11.1 Å². The highest BCUT2D eigenvalue weighted by Crippen LogP contribution is 2.17. The van der Waals surface area contributed by atoms with Gasteiger partial charge in [0.05, 0.1) is 5.69 Å². The third-order valence-electron chi connectivity index (χ3n) is 2.71. The second-order valence-corrected chi connectivity index (χ2v) is 4.88. The van der Waals surface area contributed by atoms with Crippen molar-refractivity contribution in [3.05, 3.63) is 42.5 Å². The number of nitrogens with two attached hydrogens (primary N) is 1. The standard InChI is InChI=1S/C14H18N4/c1-14(2,10-15)16-13-9-8-12(17-18-13)11-6-4-3-5-7-11/h3-9H,10,15H2,1-2H3,(H,16,18). The van der Waals surface area contributed by atoms with Gasteiger partial charge in [0.1, 0.15) is 5.82 Å². The van der Waals surface area contributed by atoms with Gasteiger partial charge in [-0.25, -0.2) is 0 Å². The van der Waals surface area contributed by atoms with Crippen LogP contribution in [0.15, 0.2) is 42.5 Å². The Hall–Kier alpha value is -1.94. The van der Waals surface area contributed by atoms with Crippen LogP contribution in [0.1, 0.15) is 13.8 Å². The summed E-state index contributed by atoms with van der Waals surface area (Å²) in [4.78, 5) is 0. The molecule has 2 rings (SSSR count).